The van der Waals surface area contributed by atoms with Crippen LogP contribution in [0.15, 0.2) is 24.3 Å². The van der Waals surface area contributed by atoms with Crippen LogP contribution in [-0.4, -0.2) is 12.8 Å². The largest absolute Gasteiger partial charge is 0.397 e. The van der Waals surface area contributed by atoms with E-state index in [2.05, 4.69) is 5.09 Å². The lowest BCUT2D eigenvalue weighted by Crippen LogP contribution is -2.04. The fourth-order valence-corrected chi connectivity index (χ4v) is 3.20. The highest BCUT2D eigenvalue weighted by Crippen LogP contribution is 2.47. The van der Waals surface area contributed by atoms with Gasteiger partial charge in [-0.3, -0.25) is 0 Å². The van der Waals surface area contributed by atoms with E-state index < -0.39 is 6.42 Å². The molecule has 0 amide bonds. The number of hydrogen-bond donors (Lipinski definition) is 2. The van der Waals surface area contributed by atoms with Crippen molar-refractivity contribution in [3.63, 3.8) is 0 Å². The van der Waals surface area contributed by atoms with Crippen LogP contribution < -0.4 is 10.8 Å². The lowest BCUT2D eigenvalue weighted by atomic mass is 10.3. The van der Waals surface area contributed by atoms with Gasteiger partial charge in [0, 0.05) is 6.16 Å². The zero-order chi connectivity index (χ0) is 11.3. The molecule has 1 aromatic carbocycles. The van der Waals surface area contributed by atoms with Crippen molar-refractivity contribution in [2.45, 2.75) is 13.8 Å². The Morgan fingerprint density at radius 3 is 2.60 bits per heavy atom. The van der Waals surface area contributed by atoms with E-state index in [0.29, 0.717) is 12.3 Å². The van der Waals surface area contributed by atoms with Crippen LogP contribution in [-0.2, 0) is 16.3 Å². The molecule has 1 aromatic rings. The number of rotatable bonds is 5. The first-order valence-corrected chi connectivity index (χ1v) is 7.88. The third kappa shape index (κ3) is 3.49. The van der Waals surface area contributed by atoms with Crippen LogP contribution in [0.1, 0.15) is 13.8 Å². The van der Waals surface area contributed by atoms with E-state index in [4.69, 9.17) is 22.1 Å². The first kappa shape index (κ1) is 12.5. The second-order valence-electron chi connectivity index (χ2n) is 3.11. The highest BCUT2D eigenvalue weighted by molar-refractivity contribution is 8.12. The summed E-state index contributed by atoms with van der Waals surface area (Å²) in [5.41, 5.74) is 7.41. The summed E-state index contributed by atoms with van der Waals surface area (Å²) in [6.07, 6.45) is -1.14. The lowest BCUT2D eigenvalue weighted by molar-refractivity contribution is 0.379. The average Bonchev–Trinajstić information content (AvgIpc) is 2.22. The monoisotopic (exact) mass is 244 g/mol. The van der Waals surface area contributed by atoms with Crippen molar-refractivity contribution in [3.05, 3.63) is 24.3 Å². The van der Waals surface area contributed by atoms with Gasteiger partial charge in [0.2, 0.25) is 0 Å². The molecule has 1 rings (SSSR count). The van der Waals surface area contributed by atoms with Crippen molar-refractivity contribution in [3.8, 4) is 0 Å². The fraction of sp³-hybridized carbons (Fsp3) is 0.400. The van der Waals surface area contributed by atoms with Crippen molar-refractivity contribution >= 4 is 29.6 Å². The minimum Gasteiger partial charge on any atom is -0.397 e. The maximum Gasteiger partial charge on any atom is 0.153 e. The Hall–Kier alpha value is -0.570. The zero-order valence-corrected chi connectivity index (χ0v) is 10.8. The Morgan fingerprint density at radius 2 is 2.07 bits per heavy atom. The van der Waals surface area contributed by atoms with Gasteiger partial charge in [0.25, 0.3) is 0 Å². The van der Waals surface area contributed by atoms with Gasteiger partial charge in [-0.15, -0.1) is 0 Å². The van der Waals surface area contributed by atoms with Crippen molar-refractivity contribution in [2.24, 2.45) is 0 Å². The molecule has 1 unspecified atom stereocenters. The van der Waals surface area contributed by atoms with Gasteiger partial charge in [-0.1, -0.05) is 19.1 Å². The molecule has 0 fully saturated rings. The van der Waals surface area contributed by atoms with E-state index in [0.717, 1.165) is 11.8 Å². The van der Waals surface area contributed by atoms with Crippen molar-refractivity contribution in [2.75, 3.05) is 23.6 Å². The maximum absolute atomic E-state index is 5.83. The molecule has 0 bridgehead atoms. The number of nitrogens with two attached hydrogens (primary N) is 1. The Labute approximate surface area is 96.2 Å². The summed E-state index contributed by atoms with van der Waals surface area (Å²) in [7, 11) is 0. The highest BCUT2D eigenvalue weighted by Gasteiger charge is 2.15. The Kier molecular flexibility index (Phi) is 4.58. The number of nitrogen functional groups attached to an aromatic ring is 1. The van der Waals surface area contributed by atoms with Gasteiger partial charge in [0.1, 0.15) is 0 Å². The van der Waals surface area contributed by atoms with Gasteiger partial charge < -0.3 is 15.3 Å². The number of para-hydroxylation sites is 2. The summed E-state index contributed by atoms with van der Waals surface area (Å²) < 4.78 is 5.60. The Bertz CT molecular complexity index is 370. The quantitative estimate of drug-likeness (QED) is 0.617. The predicted molar refractivity (Wildman–Crippen MR) is 70.9 cm³/mol. The minimum absolute atomic E-state index is 0.630. The zero-order valence-electron chi connectivity index (χ0n) is 9.06. The highest BCUT2D eigenvalue weighted by atomic mass is 32.4. The average molecular weight is 244 g/mol. The standard InChI is InChI=1S/C10H17N2OPS/c1-3-13-14(15,4-2)12-10-8-6-5-7-9(10)11/h5-8H,3-4,11H2,1-2H3,(H,12,15). The third-order valence-corrected chi connectivity index (χ3v) is 5.46. The second kappa shape index (κ2) is 5.50. The number of benzene rings is 1. The van der Waals surface area contributed by atoms with Crippen molar-refractivity contribution < 1.29 is 4.52 Å². The molecule has 0 heterocycles. The molecule has 0 aliphatic carbocycles. The third-order valence-electron chi connectivity index (χ3n) is 2.01. The van der Waals surface area contributed by atoms with Gasteiger partial charge in [0.05, 0.1) is 18.0 Å². The molecule has 3 N–H and O–H groups in total. The summed E-state index contributed by atoms with van der Waals surface area (Å²) in [6.45, 7) is 4.61. The normalized spacial score (nSPS) is 14.5. The first-order chi connectivity index (χ1) is 7.11. The van der Waals surface area contributed by atoms with Crippen LogP contribution in [0.5, 0.6) is 0 Å². The molecule has 5 heteroatoms. The van der Waals surface area contributed by atoms with E-state index in [1.54, 1.807) is 0 Å². The van der Waals surface area contributed by atoms with Gasteiger partial charge in [-0.05, 0) is 30.9 Å². The molecule has 1 atom stereocenters. The second-order valence-corrected chi connectivity index (χ2v) is 7.34. The minimum atomic E-state index is -1.95. The fourth-order valence-electron chi connectivity index (χ4n) is 1.19. The number of hydrogen-bond acceptors (Lipinski definition) is 3. The smallest absolute Gasteiger partial charge is 0.153 e. The maximum atomic E-state index is 5.83. The van der Waals surface area contributed by atoms with E-state index >= 15 is 0 Å². The summed E-state index contributed by atoms with van der Waals surface area (Å²) in [5.74, 6) is 0. The summed E-state index contributed by atoms with van der Waals surface area (Å²) in [5, 5.41) is 3.25. The number of nitrogens with one attached hydrogen (secondary N) is 1. The summed E-state index contributed by atoms with van der Waals surface area (Å²) in [6, 6.07) is 7.60. The van der Waals surface area contributed by atoms with Gasteiger partial charge >= 0.3 is 0 Å². The Balaban J connectivity index is 2.84. The Morgan fingerprint density at radius 1 is 1.40 bits per heavy atom. The van der Waals surface area contributed by atoms with E-state index in [1.807, 2.05) is 38.1 Å². The molecule has 15 heavy (non-hydrogen) atoms. The molecule has 0 aliphatic rings. The molecular formula is C10H17N2OPS. The molecule has 0 aromatic heterocycles. The van der Waals surface area contributed by atoms with Crippen LogP contribution in [0.4, 0.5) is 11.4 Å². The molecule has 3 nitrogen and oxygen atoms in total. The van der Waals surface area contributed by atoms with Crippen LogP contribution in [0.3, 0.4) is 0 Å². The molecule has 0 saturated heterocycles. The molecular weight excluding hydrogens is 227 g/mol. The molecule has 0 radical (unpaired) electrons. The van der Waals surface area contributed by atoms with Crippen molar-refractivity contribution in [1.82, 2.24) is 0 Å². The molecule has 0 spiro atoms. The SMILES string of the molecule is CCOP(=S)(CC)Nc1ccccc1N. The van der Waals surface area contributed by atoms with Crippen LogP contribution >= 0.6 is 6.42 Å². The van der Waals surface area contributed by atoms with Crippen molar-refractivity contribution in [1.29, 1.82) is 0 Å². The lowest BCUT2D eigenvalue weighted by Gasteiger charge is -2.23. The summed E-state index contributed by atoms with van der Waals surface area (Å²) >= 11 is 5.47. The van der Waals surface area contributed by atoms with E-state index in [9.17, 15) is 0 Å². The molecule has 0 aliphatic heterocycles. The van der Waals surface area contributed by atoms with Gasteiger partial charge in [-0.2, -0.15) is 0 Å². The predicted octanol–water partition coefficient (Wildman–Crippen LogP) is 3.05. The van der Waals surface area contributed by atoms with E-state index in [-0.39, 0.29) is 0 Å². The topological polar surface area (TPSA) is 47.3 Å². The molecule has 0 saturated carbocycles. The number of anilines is 2. The van der Waals surface area contributed by atoms with Crippen LogP contribution in [0, 0.1) is 0 Å². The molecule has 84 valence electrons. The van der Waals surface area contributed by atoms with Gasteiger partial charge in [0.15, 0.2) is 6.42 Å². The first-order valence-electron chi connectivity index (χ1n) is 4.97. The van der Waals surface area contributed by atoms with Crippen LogP contribution in [0.2, 0.25) is 0 Å². The van der Waals surface area contributed by atoms with E-state index in [1.165, 1.54) is 0 Å². The summed E-state index contributed by atoms with van der Waals surface area (Å²) in [4.78, 5) is 0. The van der Waals surface area contributed by atoms with Gasteiger partial charge in [-0.25, -0.2) is 0 Å². The van der Waals surface area contributed by atoms with Crippen LogP contribution in [0.25, 0.3) is 0 Å².